The third-order valence-electron chi connectivity index (χ3n) is 4.04. The number of nitro benzene ring substituents is 1. The van der Waals surface area contributed by atoms with Crippen molar-refractivity contribution in [1.29, 1.82) is 0 Å². The van der Waals surface area contributed by atoms with Crippen molar-refractivity contribution >= 4 is 17.6 Å². The zero-order valence-corrected chi connectivity index (χ0v) is 14.3. The van der Waals surface area contributed by atoms with Crippen LogP contribution in [0.3, 0.4) is 0 Å². The van der Waals surface area contributed by atoms with E-state index in [-0.39, 0.29) is 16.8 Å². The predicted molar refractivity (Wildman–Crippen MR) is 88.4 cm³/mol. The van der Waals surface area contributed by atoms with Crippen molar-refractivity contribution in [2.24, 2.45) is 0 Å². The zero-order chi connectivity index (χ0) is 18.7. The Morgan fingerprint density at radius 2 is 1.64 bits per heavy atom. The average molecular weight is 346 g/mol. The highest BCUT2D eigenvalue weighted by atomic mass is 16.6. The third-order valence-corrected chi connectivity index (χ3v) is 4.04. The minimum atomic E-state index is -0.596. The lowest BCUT2D eigenvalue weighted by Gasteiger charge is -2.30. The molecule has 0 amide bonds. The van der Waals surface area contributed by atoms with E-state index in [9.17, 15) is 19.7 Å². The van der Waals surface area contributed by atoms with Crippen molar-refractivity contribution in [1.82, 2.24) is 5.32 Å². The van der Waals surface area contributed by atoms with Gasteiger partial charge in [-0.1, -0.05) is 0 Å². The van der Waals surface area contributed by atoms with E-state index in [1.165, 1.54) is 26.4 Å². The molecule has 1 atom stereocenters. The number of carbonyl (C=O) groups is 2. The van der Waals surface area contributed by atoms with Crippen molar-refractivity contribution in [3.8, 4) is 0 Å². The summed E-state index contributed by atoms with van der Waals surface area (Å²) in [6, 6.07) is 5.23. The number of nitro groups is 1. The number of hydrogen-bond acceptors (Lipinski definition) is 7. The first-order valence-corrected chi connectivity index (χ1v) is 7.41. The molecule has 1 unspecified atom stereocenters. The second-order valence-corrected chi connectivity index (χ2v) is 5.45. The smallest absolute Gasteiger partial charge is 0.339 e. The van der Waals surface area contributed by atoms with E-state index in [4.69, 9.17) is 9.47 Å². The van der Waals surface area contributed by atoms with E-state index in [1.807, 2.05) is 0 Å². The molecule has 25 heavy (non-hydrogen) atoms. The number of carbonyl (C=O) groups excluding carboxylic acids is 2. The summed E-state index contributed by atoms with van der Waals surface area (Å²) in [6.45, 7) is 3.34. The standard InChI is InChI=1S/C17H18N2O6/c1-9-13(16(20)24-3)10(2)18-15(14(9)17(21)25-4)11-5-7-12(8-6-11)19(22)23/h5-8,15,18H,1-4H3. The fourth-order valence-corrected chi connectivity index (χ4v) is 2.82. The molecule has 1 aromatic carbocycles. The Morgan fingerprint density at radius 1 is 1.08 bits per heavy atom. The number of nitrogens with one attached hydrogen (secondary N) is 1. The quantitative estimate of drug-likeness (QED) is 0.506. The molecule has 1 N–H and O–H groups in total. The fourth-order valence-electron chi connectivity index (χ4n) is 2.82. The van der Waals surface area contributed by atoms with E-state index >= 15 is 0 Å². The number of rotatable bonds is 4. The monoisotopic (exact) mass is 346 g/mol. The summed E-state index contributed by atoms with van der Waals surface area (Å²) in [5, 5.41) is 13.9. The predicted octanol–water partition coefficient (Wildman–Crippen LogP) is 2.18. The van der Waals surface area contributed by atoms with Crippen LogP contribution in [0.15, 0.2) is 46.7 Å². The Hall–Kier alpha value is -3.16. The van der Waals surface area contributed by atoms with Gasteiger partial charge in [0.25, 0.3) is 5.69 Å². The molecule has 8 heteroatoms. The summed E-state index contributed by atoms with van der Waals surface area (Å²) in [5.74, 6) is -1.16. The van der Waals surface area contributed by atoms with Gasteiger partial charge in [0.15, 0.2) is 0 Å². The molecule has 0 saturated heterocycles. The van der Waals surface area contributed by atoms with Crippen LogP contribution >= 0.6 is 0 Å². The van der Waals surface area contributed by atoms with Crippen molar-refractivity contribution < 1.29 is 24.0 Å². The maximum absolute atomic E-state index is 12.3. The van der Waals surface area contributed by atoms with E-state index < -0.39 is 22.9 Å². The van der Waals surface area contributed by atoms with Crippen LogP contribution in [0.4, 0.5) is 5.69 Å². The molecular formula is C17H18N2O6. The lowest BCUT2D eigenvalue weighted by atomic mass is 9.87. The van der Waals surface area contributed by atoms with Crippen molar-refractivity contribution in [3.63, 3.8) is 0 Å². The number of allylic oxidation sites excluding steroid dienone is 1. The van der Waals surface area contributed by atoms with Crippen LogP contribution in [0.2, 0.25) is 0 Å². The lowest BCUT2D eigenvalue weighted by molar-refractivity contribution is -0.384. The Labute approximate surface area is 144 Å². The van der Waals surface area contributed by atoms with Gasteiger partial charge in [-0.05, 0) is 37.1 Å². The maximum Gasteiger partial charge on any atom is 0.339 e. The molecular weight excluding hydrogens is 328 g/mol. The van der Waals surface area contributed by atoms with Crippen LogP contribution in [0.1, 0.15) is 25.5 Å². The van der Waals surface area contributed by atoms with E-state index in [0.717, 1.165) is 0 Å². The summed E-state index contributed by atoms with van der Waals surface area (Å²) < 4.78 is 9.63. The number of hydrogen-bond donors (Lipinski definition) is 1. The number of esters is 2. The summed E-state index contributed by atoms with van der Waals surface area (Å²) in [5.41, 5.74) is 2.08. The maximum atomic E-state index is 12.3. The first-order valence-electron chi connectivity index (χ1n) is 7.41. The van der Waals surface area contributed by atoms with Gasteiger partial charge in [-0.3, -0.25) is 10.1 Å². The van der Waals surface area contributed by atoms with Gasteiger partial charge in [0.05, 0.1) is 36.3 Å². The van der Waals surface area contributed by atoms with Gasteiger partial charge in [-0.15, -0.1) is 0 Å². The van der Waals surface area contributed by atoms with Crippen LogP contribution < -0.4 is 5.32 Å². The third kappa shape index (κ3) is 3.37. The summed E-state index contributed by atoms with van der Waals surface area (Å²) >= 11 is 0. The van der Waals surface area contributed by atoms with Crippen LogP contribution in [0.25, 0.3) is 0 Å². The first-order chi connectivity index (χ1) is 11.8. The molecule has 0 aliphatic carbocycles. The van der Waals surface area contributed by atoms with Gasteiger partial charge in [-0.25, -0.2) is 9.59 Å². The molecule has 132 valence electrons. The second kappa shape index (κ2) is 7.16. The number of benzene rings is 1. The first kappa shape index (κ1) is 18.2. The SMILES string of the molecule is COC(=O)C1=C(C)NC(c2ccc([N+](=O)[O-])cc2)C(C(=O)OC)=C1C. The van der Waals surface area contributed by atoms with Crippen LogP contribution in [0, 0.1) is 10.1 Å². The zero-order valence-electron chi connectivity index (χ0n) is 14.3. The number of ether oxygens (including phenoxy) is 2. The summed E-state index contributed by atoms with van der Waals surface area (Å²) in [6.07, 6.45) is 0. The minimum Gasteiger partial charge on any atom is -0.466 e. The summed E-state index contributed by atoms with van der Waals surface area (Å²) in [4.78, 5) is 34.6. The molecule has 1 aliphatic rings. The molecule has 0 fully saturated rings. The number of nitrogens with zero attached hydrogens (tertiary/aromatic N) is 1. The highest BCUT2D eigenvalue weighted by Crippen LogP contribution is 2.35. The highest BCUT2D eigenvalue weighted by molar-refractivity contribution is 6.00. The molecule has 0 spiro atoms. The number of non-ortho nitro benzene ring substituents is 1. The van der Waals surface area contributed by atoms with Gasteiger partial charge in [-0.2, -0.15) is 0 Å². The molecule has 0 radical (unpaired) electrons. The Morgan fingerprint density at radius 3 is 2.12 bits per heavy atom. The molecule has 0 bridgehead atoms. The normalized spacial score (nSPS) is 17.0. The van der Waals surface area contributed by atoms with Gasteiger partial charge >= 0.3 is 11.9 Å². The van der Waals surface area contributed by atoms with E-state index in [2.05, 4.69) is 5.32 Å². The van der Waals surface area contributed by atoms with Gasteiger partial charge < -0.3 is 14.8 Å². The number of dihydropyridines is 1. The lowest BCUT2D eigenvalue weighted by Crippen LogP contribution is -2.33. The molecule has 0 saturated carbocycles. The Kier molecular flexibility index (Phi) is 5.21. The fraction of sp³-hybridized carbons (Fsp3) is 0.294. The van der Waals surface area contributed by atoms with Gasteiger partial charge in [0.2, 0.25) is 0 Å². The topological polar surface area (TPSA) is 108 Å². The van der Waals surface area contributed by atoms with E-state index in [1.54, 1.807) is 26.0 Å². The molecule has 0 aromatic heterocycles. The molecule has 1 heterocycles. The van der Waals surface area contributed by atoms with Gasteiger partial charge in [0, 0.05) is 17.8 Å². The second-order valence-electron chi connectivity index (χ2n) is 5.45. The van der Waals surface area contributed by atoms with Crippen molar-refractivity contribution in [2.45, 2.75) is 19.9 Å². The van der Waals surface area contributed by atoms with E-state index in [0.29, 0.717) is 16.8 Å². The van der Waals surface area contributed by atoms with Crippen molar-refractivity contribution in [2.75, 3.05) is 14.2 Å². The van der Waals surface area contributed by atoms with Crippen molar-refractivity contribution in [3.05, 3.63) is 62.4 Å². The Balaban J connectivity index is 2.56. The number of methoxy groups -OCH3 is 2. The molecule has 8 nitrogen and oxygen atoms in total. The Bertz CT molecular complexity index is 792. The van der Waals surface area contributed by atoms with Crippen LogP contribution in [-0.4, -0.2) is 31.1 Å². The molecule has 2 rings (SSSR count). The molecule has 1 aliphatic heterocycles. The van der Waals surface area contributed by atoms with Gasteiger partial charge in [0.1, 0.15) is 0 Å². The van der Waals surface area contributed by atoms with Crippen LogP contribution in [0.5, 0.6) is 0 Å². The highest BCUT2D eigenvalue weighted by Gasteiger charge is 2.34. The molecule has 1 aromatic rings. The van der Waals surface area contributed by atoms with Crippen LogP contribution in [-0.2, 0) is 19.1 Å². The summed E-state index contributed by atoms with van der Waals surface area (Å²) in [7, 11) is 2.51. The largest absolute Gasteiger partial charge is 0.466 e. The minimum absolute atomic E-state index is 0.0533. The average Bonchev–Trinajstić information content (AvgIpc) is 2.60.